The summed E-state index contributed by atoms with van der Waals surface area (Å²) in [6, 6.07) is 4.47. The van der Waals surface area contributed by atoms with E-state index >= 15 is 0 Å². The van der Waals surface area contributed by atoms with Crippen LogP contribution in [0.25, 0.3) is 0 Å². The molecule has 2 aromatic rings. The number of hydrogen-bond donors (Lipinski definition) is 2. The Morgan fingerprint density at radius 2 is 2.00 bits per heavy atom. The predicted molar refractivity (Wildman–Crippen MR) is 92.1 cm³/mol. The molecule has 0 spiro atoms. The average molecular weight is 354 g/mol. The van der Waals surface area contributed by atoms with Crippen LogP contribution >= 0.6 is 11.6 Å². The molecule has 0 unspecified atom stereocenters. The lowest BCUT2D eigenvalue weighted by atomic mass is 10.1. The highest BCUT2D eigenvalue weighted by Crippen LogP contribution is 2.36. The van der Waals surface area contributed by atoms with Gasteiger partial charge in [-0.25, -0.2) is 0 Å². The first-order valence-corrected chi connectivity index (χ1v) is 7.78. The van der Waals surface area contributed by atoms with Crippen LogP contribution in [0.4, 0.5) is 11.5 Å². The molecule has 0 bridgehead atoms. The van der Waals surface area contributed by atoms with Gasteiger partial charge < -0.3 is 24.6 Å². The number of aromatic nitrogens is 1. The van der Waals surface area contributed by atoms with E-state index in [1.807, 2.05) is 6.92 Å². The molecule has 0 aliphatic carbocycles. The summed E-state index contributed by atoms with van der Waals surface area (Å²) < 4.78 is 15.4. The zero-order chi connectivity index (χ0) is 17.7. The highest BCUT2D eigenvalue weighted by Gasteiger charge is 2.20. The SMILES string of the molecule is CC[C@H](Nc1cc(Cl)c(OC)cc1OC)C(=O)Nc1cc(C)on1. The average Bonchev–Trinajstić information content (AvgIpc) is 2.97. The Kier molecular flexibility index (Phi) is 5.92. The van der Waals surface area contributed by atoms with Crippen molar-refractivity contribution in [1.82, 2.24) is 5.16 Å². The Balaban J connectivity index is 2.17. The number of amides is 1. The monoisotopic (exact) mass is 353 g/mol. The van der Waals surface area contributed by atoms with Gasteiger partial charge in [0.2, 0.25) is 5.91 Å². The molecule has 0 fully saturated rings. The highest BCUT2D eigenvalue weighted by molar-refractivity contribution is 6.32. The molecule has 1 atom stereocenters. The van der Waals surface area contributed by atoms with Crippen molar-refractivity contribution in [3.63, 3.8) is 0 Å². The second-order valence-corrected chi connectivity index (χ2v) is 5.51. The Bertz CT molecular complexity index is 717. The smallest absolute Gasteiger partial charge is 0.248 e. The molecule has 7 nitrogen and oxygen atoms in total. The summed E-state index contributed by atoms with van der Waals surface area (Å²) in [4.78, 5) is 12.4. The van der Waals surface area contributed by atoms with Crippen LogP contribution in [-0.4, -0.2) is 31.3 Å². The van der Waals surface area contributed by atoms with Gasteiger partial charge in [-0.1, -0.05) is 23.7 Å². The summed E-state index contributed by atoms with van der Waals surface area (Å²) in [5.74, 6) is 1.78. The third-order valence-electron chi connectivity index (χ3n) is 3.41. The standard InChI is InChI=1S/C16H20ClN3O4/c1-5-11(16(21)19-15-6-9(2)24-20-15)18-12-7-10(17)13(22-3)8-14(12)23-4/h6-8,11,18H,5H2,1-4H3,(H,19,20,21)/t11-/m0/s1. The Morgan fingerprint density at radius 1 is 1.29 bits per heavy atom. The van der Waals surface area contributed by atoms with Gasteiger partial charge in [-0.3, -0.25) is 4.79 Å². The fraction of sp³-hybridized carbons (Fsp3) is 0.375. The minimum absolute atomic E-state index is 0.236. The summed E-state index contributed by atoms with van der Waals surface area (Å²) in [6.07, 6.45) is 0.551. The Morgan fingerprint density at radius 3 is 2.54 bits per heavy atom. The maximum atomic E-state index is 12.4. The molecule has 2 N–H and O–H groups in total. The molecule has 1 aromatic heterocycles. The van der Waals surface area contributed by atoms with Gasteiger partial charge in [0, 0.05) is 12.1 Å². The van der Waals surface area contributed by atoms with Crippen LogP contribution in [-0.2, 0) is 4.79 Å². The predicted octanol–water partition coefficient (Wildman–Crippen LogP) is 3.48. The topological polar surface area (TPSA) is 85.6 Å². The van der Waals surface area contributed by atoms with Gasteiger partial charge in [-0.15, -0.1) is 0 Å². The van der Waals surface area contributed by atoms with Crippen molar-refractivity contribution in [3.8, 4) is 11.5 Å². The first kappa shape index (κ1) is 17.9. The first-order valence-electron chi connectivity index (χ1n) is 7.40. The minimum Gasteiger partial charge on any atom is -0.495 e. The van der Waals surface area contributed by atoms with Gasteiger partial charge in [-0.2, -0.15) is 0 Å². The largest absolute Gasteiger partial charge is 0.495 e. The van der Waals surface area contributed by atoms with Crippen LogP contribution in [0.5, 0.6) is 11.5 Å². The number of carbonyl (C=O) groups excluding carboxylic acids is 1. The minimum atomic E-state index is -0.500. The van der Waals surface area contributed by atoms with E-state index in [0.717, 1.165) is 0 Å². The normalized spacial score (nSPS) is 11.7. The molecule has 24 heavy (non-hydrogen) atoms. The maximum Gasteiger partial charge on any atom is 0.248 e. The molecule has 1 aromatic carbocycles. The Labute approximate surface area is 145 Å². The lowest BCUT2D eigenvalue weighted by Gasteiger charge is -2.20. The first-order chi connectivity index (χ1) is 11.5. The van der Waals surface area contributed by atoms with Crippen molar-refractivity contribution >= 4 is 29.0 Å². The molecule has 0 saturated heterocycles. The van der Waals surface area contributed by atoms with E-state index in [0.29, 0.717) is 40.2 Å². The number of anilines is 2. The van der Waals surface area contributed by atoms with Crippen molar-refractivity contribution in [2.24, 2.45) is 0 Å². The fourth-order valence-corrected chi connectivity index (χ4v) is 2.39. The van der Waals surface area contributed by atoms with Crippen molar-refractivity contribution < 1.29 is 18.8 Å². The summed E-state index contributed by atoms with van der Waals surface area (Å²) >= 11 is 6.15. The molecule has 0 aliphatic heterocycles. The van der Waals surface area contributed by atoms with E-state index in [2.05, 4.69) is 15.8 Å². The van der Waals surface area contributed by atoms with Gasteiger partial charge in [0.1, 0.15) is 23.3 Å². The zero-order valence-electron chi connectivity index (χ0n) is 14.0. The van der Waals surface area contributed by atoms with Crippen molar-refractivity contribution in [2.45, 2.75) is 26.3 Å². The molecule has 0 radical (unpaired) electrons. The number of carbonyl (C=O) groups is 1. The third-order valence-corrected chi connectivity index (χ3v) is 3.70. The Hall–Kier alpha value is -2.41. The quantitative estimate of drug-likeness (QED) is 0.792. The number of nitrogens with one attached hydrogen (secondary N) is 2. The lowest BCUT2D eigenvalue weighted by molar-refractivity contribution is -0.117. The van der Waals surface area contributed by atoms with Crippen molar-refractivity contribution in [3.05, 3.63) is 29.0 Å². The molecule has 0 saturated carbocycles. The van der Waals surface area contributed by atoms with Crippen molar-refractivity contribution in [1.29, 1.82) is 0 Å². The second kappa shape index (κ2) is 7.92. The summed E-state index contributed by atoms with van der Waals surface area (Å²) in [7, 11) is 3.06. The number of aryl methyl sites for hydroxylation is 1. The molecule has 1 amide bonds. The highest BCUT2D eigenvalue weighted by atomic mass is 35.5. The summed E-state index contributed by atoms with van der Waals surface area (Å²) in [6.45, 7) is 3.64. The van der Waals surface area contributed by atoms with E-state index in [4.69, 9.17) is 25.6 Å². The van der Waals surface area contributed by atoms with Crippen LogP contribution < -0.4 is 20.1 Å². The van der Waals surface area contributed by atoms with E-state index < -0.39 is 6.04 Å². The molecule has 1 heterocycles. The molecular formula is C16H20ClN3O4. The van der Waals surface area contributed by atoms with Crippen LogP contribution in [0.1, 0.15) is 19.1 Å². The summed E-state index contributed by atoms with van der Waals surface area (Å²) in [5, 5.41) is 10.0. The fourth-order valence-electron chi connectivity index (χ4n) is 2.15. The molecule has 2 rings (SSSR count). The van der Waals surface area contributed by atoms with E-state index in [1.165, 1.54) is 14.2 Å². The van der Waals surface area contributed by atoms with Crippen LogP contribution in [0.15, 0.2) is 22.7 Å². The third kappa shape index (κ3) is 4.11. The zero-order valence-corrected chi connectivity index (χ0v) is 14.7. The lowest BCUT2D eigenvalue weighted by Crippen LogP contribution is -2.34. The van der Waals surface area contributed by atoms with Gasteiger partial charge in [-0.05, 0) is 19.4 Å². The van der Waals surface area contributed by atoms with E-state index in [9.17, 15) is 4.79 Å². The number of rotatable bonds is 7. The summed E-state index contributed by atoms with van der Waals surface area (Å²) in [5.41, 5.74) is 0.599. The van der Waals surface area contributed by atoms with Gasteiger partial charge >= 0.3 is 0 Å². The molecule has 8 heteroatoms. The molecule has 130 valence electrons. The maximum absolute atomic E-state index is 12.4. The van der Waals surface area contributed by atoms with Gasteiger partial charge in [0.25, 0.3) is 0 Å². The van der Waals surface area contributed by atoms with Crippen LogP contribution in [0.2, 0.25) is 5.02 Å². The number of hydrogen-bond acceptors (Lipinski definition) is 6. The number of halogens is 1. The van der Waals surface area contributed by atoms with Crippen LogP contribution in [0, 0.1) is 6.92 Å². The number of methoxy groups -OCH3 is 2. The molecule has 0 aliphatic rings. The van der Waals surface area contributed by atoms with Gasteiger partial charge in [0.15, 0.2) is 5.82 Å². The van der Waals surface area contributed by atoms with E-state index in [1.54, 1.807) is 25.1 Å². The number of benzene rings is 1. The van der Waals surface area contributed by atoms with E-state index in [-0.39, 0.29) is 5.91 Å². The van der Waals surface area contributed by atoms with Crippen LogP contribution in [0.3, 0.4) is 0 Å². The number of ether oxygens (including phenoxy) is 2. The number of nitrogens with zero attached hydrogens (tertiary/aromatic N) is 1. The second-order valence-electron chi connectivity index (χ2n) is 5.10. The van der Waals surface area contributed by atoms with Crippen molar-refractivity contribution in [2.75, 3.05) is 24.9 Å². The molecular weight excluding hydrogens is 334 g/mol. The van der Waals surface area contributed by atoms with Gasteiger partial charge in [0.05, 0.1) is 24.9 Å².